The highest BCUT2D eigenvalue weighted by Gasteiger charge is 2.07. The number of hydrogen-bond donors (Lipinski definition) is 0. The molecule has 0 fully saturated rings. The predicted molar refractivity (Wildman–Crippen MR) is 61.4 cm³/mol. The summed E-state index contributed by atoms with van der Waals surface area (Å²) in [6, 6.07) is -2.33. The molecule has 0 saturated carbocycles. The molecule has 0 amide bonds. The summed E-state index contributed by atoms with van der Waals surface area (Å²) in [5.74, 6) is 0. The topological polar surface area (TPSA) is 13.1 Å². The van der Waals surface area contributed by atoms with Crippen LogP contribution in [0.1, 0.15) is 9.60 Å². The quantitative estimate of drug-likeness (QED) is 0.581. The number of benzene rings is 2. The van der Waals surface area contributed by atoms with Gasteiger partial charge >= 0.3 is 0 Å². The van der Waals surface area contributed by atoms with E-state index in [-0.39, 0.29) is 56.6 Å². The first-order valence-electron chi connectivity index (χ1n) is 7.35. The highest BCUT2D eigenvalue weighted by Crippen LogP contribution is 2.33. The molecule has 0 unspecified atom stereocenters. The minimum atomic E-state index is -0.425. The largest absolute Gasteiger partial charge is 0.456 e. The standard InChI is InChI=1S/C12H7BrO/c13-9-5-3-7-11-12(9)8-4-1-2-6-10(8)14-11/h1-7H/i1D,2D,3D,4D,5D,6D,7D. The third-order valence-electron chi connectivity index (χ3n) is 1.90. The third kappa shape index (κ3) is 1.01. The molecular weight excluding hydrogens is 240 g/mol. The van der Waals surface area contributed by atoms with E-state index in [9.17, 15) is 0 Å². The zero-order valence-corrected chi connectivity index (χ0v) is 8.37. The van der Waals surface area contributed by atoms with Crippen molar-refractivity contribution < 1.29 is 14.0 Å². The van der Waals surface area contributed by atoms with Gasteiger partial charge in [-0.2, -0.15) is 0 Å². The Morgan fingerprint density at radius 3 is 2.71 bits per heavy atom. The van der Waals surface area contributed by atoms with Gasteiger partial charge in [0.2, 0.25) is 0 Å². The van der Waals surface area contributed by atoms with Crippen LogP contribution in [0.25, 0.3) is 21.9 Å². The van der Waals surface area contributed by atoms with Gasteiger partial charge in [-0.1, -0.05) is 40.1 Å². The summed E-state index contributed by atoms with van der Waals surface area (Å²) in [5, 5.41) is 0.341. The molecule has 2 aromatic carbocycles. The van der Waals surface area contributed by atoms with E-state index in [1.807, 2.05) is 0 Å². The van der Waals surface area contributed by atoms with Crippen LogP contribution in [0.2, 0.25) is 0 Å². The molecule has 1 heterocycles. The Labute approximate surface area is 99.3 Å². The molecule has 0 radical (unpaired) electrons. The average molecular weight is 254 g/mol. The van der Waals surface area contributed by atoms with Crippen LogP contribution in [-0.4, -0.2) is 0 Å². The second-order valence-corrected chi connectivity index (χ2v) is 3.49. The van der Waals surface area contributed by atoms with Crippen LogP contribution in [0.5, 0.6) is 0 Å². The lowest BCUT2D eigenvalue weighted by Crippen LogP contribution is -1.67. The summed E-state index contributed by atoms with van der Waals surface area (Å²) in [6.07, 6.45) is 0. The van der Waals surface area contributed by atoms with E-state index in [2.05, 4.69) is 15.9 Å². The Hall–Kier alpha value is -1.28. The summed E-state index contributed by atoms with van der Waals surface area (Å²) in [6.45, 7) is 0. The molecule has 3 rings (SSSR count). The van der Waals surface area contributed by atoms with Crippen LogP contribution in [-0.2, 0) is 0 Å². The van der Waals surface area contributed by atoms with Crippen LogP contribution in [0.3, 0.4) is 0 Å². The third-order valence-corrected chi connectivity index (χ3v) is 2.50. The molecule has 3 aromatic rings. The molecule has 0 bridgehead atoms. The lowest BCUT2D eigenvalue weighted by molar-refractivity contribution is 0.669. The van der Waals surface area contributed by atoms with Crippen molar-refractivity contribution in [3.63, 3.8) is 0 Å². The second-order valence-electron chi connectivity index (χ2n) is 2.70. The van der Waals surface area contributed by atoms with Gasteiger partial charge in [-0.25, -0.2) is 0 Å². The zero-order chi connectivity index (χ0) is 15.6. The number of halogens is 1. The molecule has 68 valence electrons. The van der Waals surface area contributed by atoms with Crippen molar-refractivity contribution in [2.45, 2.75) is 0 Å². The SMILES string of the molecule is [2H]c1c([2H])c([2H])c2c(oc3c([2H])c([2H])c([2H])c(Br)c32)c1[2H]. The van der Waals surface area contributed by atoms with Crippen LogP contribution < -0.4 is 0 Å². The minimum absolute atomic E-state index is 0.0233. The summed E-state index contributed by atoms with van der Waals surface area (Å²) < 4.78 is 60.2. The summed E-state index contributed by atoms with van der Waals surface area (Å²) >= 11 is 3.16. The van der Waals surface area contributed by atoms with E-state index in [0.717, 1.165) is 0 Å². The van der Waals surface area contributed by atoms with Gasteiger partial charge in [0, 0.05) is 15.2 Å². The fraction of sp³-hybridized carbons (Fsp3) is 0. The Balaban J connectivity index is 2.73. The normalized spacial score (nSPS) is 18.2. The molecule has 1 aromatic heterocycles. The second kappa shape index (κ2) is 2.85. The van der Waals surface area contributed by atoms with E-state index in [1.54, 1.807) is 0 Å². The van der Waals surface area contributed by atoms with Crippen molar-refractivity contribution in [2.24, 2.45) is 0 Å². The molecule has 0 N–H and O–H groups in total. The molecule has 0 saturated heterocycles. The van der Waals surface area contributed by atoms with Gasteiger partial charge in [0.1, 0.15) is 11.2 Å². The van der Waals surface area contributed by atoms with Gasteiger partial charge in [0.15, 0.2) is 0 Å². The number of hydrogen-bond acceptors (Lipinski definition) is 1. The summed E-state index contributed by atoms with van der Waals surface area (Å²) in [4.78, 5) is 0. The molecule has 0 aliphatic rings. The summed E-state index contributed by atoms with van der Waals surface area (Å²) in [5.41, 5.74) is -0.0972. The van der Waals surface area contributed by atoms with Crippen molar-refractivity contribution in [3.05, 3.63) is 46.8 Å². The highest BCUT2D eigenvalue weighted by molar-refractivity contribution is 9.10. The van der Waals surface area contributed by atoms with E-state index >= 15 is 0 Å². The van der Waals surface area contributed by atoms with Crippen molar-refractivity contribution in [1.29, 1.82) is 0 Å². The van der Waals surface area contributed by atoms with Crippen LogP contribution in [0, 0.1) is 0 Å². The monoisotopic (exact) mass is 253 g/mol. The average Bonchev–Trinajstić information content (AvgIpc) is 2.87. The van der Waals surface area contributed by atoms with Crippen molar-refractivity contribution in [2.75, 3.05) is 0 Å². The Morgan fingerprint density at radius 1 is 1.00 bits per heavy atom. The maximum Gasteiger partial charge on any atom is 0.136 e. The van der Waals surface area contributed by atoms with Crippen LogP contribution >= 0.6 is 15.9 Å². The van der Waals surface area contributed by atoms with Gasteiger partial charge in [-0.3, -0.25) is 0 Å². The van der Waals surface area contributed by atoms with Gasteiger partial charge in [-0.15, -0.1) is 0 Å². The number of furan rings is 1. The molecule has 0 atom stereocenters. The molecule has 1 nitrogen and oxygen atoms in total. The smallest absolute Gasteiger partial charge is 0.136 e. The highest BCUT2D eigenvalue weighted by atomic mass is 79.9. The first-order chi connectivity index (χ1) is 9.77. The lowest BCUT2D eigenvalue weighted by Gasteiger charge is -1.91. The van der Waals surface area contributed by atoms with Crippen molar-refractivity contribution in [1.82, 2.24) is 0 Å². The molecule has 14 heavy (non-hydrogen) atoms. The van der Waals surface area contributed by atoms with E-state index in [0.29, 0.717) is 0 Å². The van der Waals surface area contributed by atoms with Gasteiger partial charge in [0.25, 0.3) is 0 Å². The van der Waals surface area contributed by atoms with Gasteiger partial charge < -0.3 is 4.42 Å². The van der Waals surface area contributed by atoms with E-state index in [4.69, 9.17) is 14.0 Å². The molecule has 2 heteroatoms. The first-order valence-corrected chi connectivity index (χ1v) is 4.64. The van der Waals surface area contributed by atoms with Crippen LogP contribution in [0.15, 0.2) is 51.2 Å². The number of rotatable bonds is 0. The Bertz CT molecular complexity index is 857. The maximum atomic E-state index is 7.97. The maximum absolute atomic E-state index is 7.97. The Morgan fingerprint density at radius 2 is 1.79 bits per heavy atom. The zero-order valence-electron chi connectivity index (χ0n) is 13.8. The summed E-state index contributed by atoms with van der Waals surface area (Å²) in [7, 11) is 0. The van der Waals surface area contributed by atoms with E-state index in [1.165, 1.54) is 0 Å². The minimum Gasteiger partial charge on any atom is -0.456 e. The van der Waals surface area contributed by atoms with Gasteiger partial charge in [0.05, 0.1) is 9.60 Å². The number of fused-ring (bicyclic) bond motifs is 3. The first kappa shape index (κ1) is 3.70. The fourth-order valence-corrected chi connectivity index (χ4v) is 1.80. The molecule has 0 aliphatic carbocycles. The van der Waals surface area contributed by atoms with Crippen molar-refractivity contribution in [3.8, 4) is 0 Å². The molecule has 0 aliphatic heterocycles. The van der Waals surface area contributed by atoms with Crippen LogP contribution in [0.4, 0.5) is 0 Å². The lowest BCUT2D eigenvalue weighted by atomic mass is 10.2. The van der Waals surface area contributed by atoms with Crippen molar-refractivity contribution >= 4 is 37.9 Å². The fourth-order valence-electron chi connectivity index (χ4n) is 1.32. The van der Waals surface area contributed by atoms with Gasteiger partial charge in [-0.05, 0) is 18.1 Å². The predicted octanol–water partition coefficient (Wildman–Crippen LogP) is 4.35. The molecular formula is C12H7BrO. The Kier molecular flexibility index (Phi) is 0.755. The van der Waals surface area contributed by atoms with E-state index < -0.39 is 12.1 Å². The molecule has 0 spiro atoms. The number of para-hydroxylation sites is 1.